The van der Waals surface area contributed by atoms with Crippen LogP contribution in [0.5, 0.6) is 0 Å². The van der Waals surface area contributed by atoms with E-state index in [-0.39, 0.29) is 6.54 Å². The van der Waals surface area contributed by atoms with Crippen LogP contribution >= 0.6 is 11.3 Å². The number of aromatic nitrogens is 4. The highest BCUT2D eigenvalue weighted by Gasteiger charge is 2.33. The highest BCUT2D eigenvalue weighted by atomic mass is 32.1. The van der Waals surface area contributed by atoms with E-state index >= 15 is 0 Å². The highest BCUT2D eigenvalue weighted by molar-refractivity contribution is 7.09. The third-order valence-corrected chi connectivity index (χ3v) is 4.96. The van der Waals surface area contributed by atoms with Crippen LogP contribution in [0.1, 0.15) is 27.9 Å². The number of nitrogens with zero attached hydrogens (tertiary/aromatic N) is 5. The van der Waals surface area contributed by atoms with Crippen molar-refractivity contribution >= 4 is 17.3 Å². The minimum atomic E-state index is -4.44. The van der Waals surface area contributed by atoms with Gasteiger partial charge >= 0.3 is 6.18 Å². The zero-order chi connectivity index (χ0) is 20.9. The van der Waals surface area contributed by atoms with Crippen LogP contribution in [0.25, 0.3) is 0 Å². The molecule has 0 amide bonds. The standard InChI is InChI=1S/C18H20F3N7S/c1-12-26-27-15(28(12)2)9-23-17(22-8-13-6-4-3-5-7-13)24-10-16-25-14(11-29-16)18(19,20)21/h3-7,11H,8-10H2,1-2H3,(H2,22,23,24). The van der Waals surface area contributed by atoms with E-state index in [1.54, 1.807) is 0 Å². The molecular weight excluding hydrogens is 403 g/mol. The van der Waals surface area contributed by atoms with Gasteiger partial charge in [-0.3, -0.25) is 0 Å². The maximum atomic E-state index is 12.7. The lowest BCUT2D eigenvalue weighted by molar-refractivity contribution is -0.140. The van der Waals surface area contributed by atoms with Crippen molar-refractivity contribution in [2.75, 3.05) is 0 Å². The van der Waals surface area contributed by atoms with E-state index < -0.39 is 11.9 Å². The van der Waals surface area contributed by atoms with Crippen molar-refractivity contribution in [1.29, 1.82) is 0 Å². The molecule has 0 spiro atoms. The first-order chi connectivity index (χ1) is 13.8. The van der Waals surface area contributed by atoms with Gasteiger partial charge in [0.1, 0.15) is 10.8 Å². The largest absolute Gasteiger partial charge is 0.434 e. The van der Waals surface area contributed by atoms with Gasteiger partial charge in [-0.15, -0.1) is 21.5 Å². The van der Waals surface area contributed by atoms with E-state index in [1.165, 1.54) is 0 Å². The molecule has 0 radical (unpaired) electrons. The summed E-state index contributed by atoms with van der Waals surface area (Å²) in [7, 11) is 1.86. The second kappa shape index (κ2) is 9.03. The lowest BCUT2D eigenvalue weighted by Crippen LogP contribution is -2.37. The lowest BCUT2D eigenvalue weighted by atomic mass is 10.2. The van der Waals surface area contributed by atoms with Crippen molar-refractivity contribution in [2.24, 2.45) is 12.0 Å². The molecule has 7 nitrogen and oxygen atoms in total. The summed E-state index contributed by atoms with van der Waals surface area (Å²) in [6.45, 7) is 2.75. The molecular formula is C18H20F3N7S. The van der Waals surface area contributed by atoms with Gasteiger partial charge in [-0.05, 0) is 12.5 Å². The van der Waals surface area contributed by atoms with Gasteiger partial charge in [-0.1, -0.05) is 30.3 Å². The Balaban J connectivity index is 1.68. The predicted molar refractivity (Wildman–Crippen MR) is 104 cm³/mol. The molecule has 0 fully saturated rings. The van der Waals surface area contributed by atoms with Crippen LogP contribution in [0.3, 0.4) is 0 Å². The van der Waals surface area contributed by atoms with E-state index in [2.05, 4.69) is 30.8 Å². The Morgan fingerprint density at radius 1 is 1.14 bits per heavy atom. The smallest absolute Gasteiger partial charge is 0.350 e. The monoisotopic (exact) mass is 423 g/mol. The number of nitrogens with one attached hydrogen (secondary N) is 2. The van der Waals surface area contributed by atoms with Crippen LogP contribution in [0.15, 0.2) is 40.7 Å². The van der Waals surface area contributed by atoms with Crippen LogP contribution < -0.4 is 10.6 Å². The number of aryl methyl sites for hydroxylation is 1. The summed E-state index contributed by atoms with van der Waals surface area (Å²) in [5.41, 5.74) is 0.126. The van der Waals surface area contributed by atoms with Crippen LogP contribution in [0.4, 0.5) is 13.2 Å². The van der Waals surface area contributed by atoms with Crippen LogP contribution in [-0.2, 0) is 32.9 Å². The first-order valence-electron chi connectivity index (χ1n) is 8.75. The fraction of sp³-hybridized carbons (Fsp3) is 0.333. The van der Waals surface area contributed by atoms with Gasteiger partial charge in [-0.25, -0.2) is 9.98 Å². The summed E-state index contributed by atoms with van der Waals surface area (Å²) in [5.74, 6) is 1.93. The molecule has 2 aromatic heterocycles. The van der Waals surface area contributed by atoms with Gasteiger partial charge in [0.15, 0.2) is 17.5 Å². The zero-order valence-electron chi connectivity index (χ0n) is 15.9. The molecule has 154 valence electrons. The molecule has 0 atom stereocenters. The molecule has 0 bridgehead atoms. The van der Waals surface area contributed by atoms with Gasteiger partial charge in [-0.2, -0.15) is 13.2 Å². The number of thiazole rings is 1. The molecule has 29 heavy (non-hydrogen) atoms. The fourth-order valence-corrected chi connectivity index (χ4v) is 3.12. The molecule has 0 aliphatic carbocycles. The predicted octanol–water partition coefficient (Wildman–Crippen LogP) is 3.03. The first kappa shape index (κ1) is 20.8. The third kappa shape index (κ3) is 5.76. The van der Waals surface area contributed by atoms with Gasteiger partial charge in [0.2, 0.25) is 0 Å². The normalized spacial score (nSPS) is 12.2. The van der Waals surface area contributed by atoms with Gasteiger partial charge in [0.05, 0.1) is 19.6 Å². The number of aliphatic imine (C=N–C) groups is 1. The molecule has 0 aliphatic heterocycles. The van der Waals surface area contributed by atoms with Crippen LogP contribution in [0, 0.1) is 6.92 Å². The molecule has 11 heteroatoms. The molecule has 2 N–H and O–H groups in total. The summed E-state index contributed by atoms with van der Waals surface area (Å²) in [6, 6.07) is 9.65. The number of halogens is 3. The van der Waals surface area contributed by atoms with E-state index in [0.29, 0.717) is 29.9 Å². The van der Waals surface area contributed by atoms with E-state index in [9.17, 15) is 13.2 Å². The number of hydrogen-bond acceptors (Lipinski definition) is 5. The van der Waals surface area contributed by atoms with Crippen molar-refractivity contribution in [3.05, 3.63) is 63.6 Å². The summed E-state index contributed by atoms with van der Waals surface area (Å²) in [4.78, 5) is 8.14. The molecule has 3 aromatic rings. The topological polar surface area (TPSA) is 80.0 Å². The summed E-state index contributed by atoms with van der Waals surface area (Å²) in [6.07, 6.45) is -4.44. The van der Waals surface area contributed by atoms with Crippen molar-refractivity contribution in [3.8, 4) is 0 Å². The van der Waals surface area contributed by atoms with Crippen molar-refractivity contribution < 1.29 is 13.2 Å². The van der Waals surface area contributed by atoms with Crippen molar-refractivity contribution in [3.63, 3.8) is 0 Å². The Bertz CT molecular complexity index is 963. The minimum Gasteiger partial charge on any atom is -0.350 e. The molecule has 1 aromatic carbocycles. The minimum absolute atomic E-state index is 0.124. The summed E-state index contributed by atoms with van der Waals surface area (Å²) >= 11 is 0.950. The summed E-state index contributed by atoms with van der Waals surface area (Å²) in [5, 5.41) is 15.6. The Labute approximate surface area is 169 Å². The number of hydrogen-bond donors (Lipinski definition) is 2. The maximum absolute atomic E-state index is 12.7. The molecule has 0 saturated heterocycles. The second-order valence-electron chi connectivity index (χ2n) is 6.20. The average Bonchev–Trinajstić information content (AvgIpc) is 3.30. The molecule has 0 aliphatic rings. The molecule has 2 heterocycles. The number of rotatable bonds is 6. The number of guanidine groups is 1. The molecule has 0 unspecified atom stereocenters. The average molecular weight is 423 g/mol. The number of alkyl halides is 3. The lowest BCUT2D eigenvalue weighted by Gasteiger charge is -2.12. The third-order valence-electron chi connectivity index (χ3n) is 4.11. The Kier molecular flexibility index (Phi) is 6.47. The van der Waals surface area contributed by atoms with E-state index in [1.807, 2.05) is 48.9 Å². The van der Waals surface area contributed by atoms with Crippen LogP contribution in [-0.4, -0.2) is 25.7 Å². The maximum Gasteiger partial charge on any atom is 0.434 e. The summed E-state index contributed by atoms with van der Waals surface area (Å²) < 4.78 is 40.0. The Morgan fingerprint density at radius 2 is 1.86 bits per heavy atom. The zero-order valence-corrected chi connectivity index (χ0v) is 16.7. The Hall–Kier alpha value is -2.95. The first-order valence-corrected chi connectivity index (χ1v) is 9.63. The highest BCUT2D eigenvalue weighted by Crippen LogP contribution is 2.29. The van der Waals surface area contributed by atoms with Crippen molar-refractivity contribution in [2.45, 2.75) is 32.7 Å². The SMILES string of the molecule is Cc1nnc(CNC(=NCc2ccccc2)NCc2nc(C(F)(F)F)cs2)n1C. The van der Waals surface area contributed by atoms with Gasteiger partial charge < -0.3 is 15.2 Å². The molecule has 0 saturated carbocycles. The van der Waals surface area contributed by atoms with Crippen LogP contribution in [0.2, 0.25) is 0 Å². The second-order valence-corrected chi connectivity index (χ2v) is 7.15. The number of benzene rings is 1. The Morgan fingerprint density at radius 3 is 2.48 bits per heavy atom. The van der Waals surface area contributed by atoms with Crippen molar-refractivity contribution in [1.82, 2.24) is 30.4 Å². The van der Waals surface area contributed by atoms with Gasteiger partial charge in [0, 0.05) is 12.4 Å². The van der Waals surface area contributed by atoms with E-state index in [0.717, 1.165) is 28.1 Å². The fourth-order valence-electron chi connectivity index (χ4n) is 2.38. The van der Waals surface area contributed by atoms with Gasteiger partial charge in [0.25, 0.3) is 0 Å². The molecule has 3 rings (SSSR count). The van der Waals surface area contributed by atoms with E-state index in [4.69, 9.17) is 0 Å². The quantitative estimate of drug-likeness (QED) is 0.471.